The van der Waals surface area contributed by atoms with E-state index in [4.69, 9.17) is 0 Å². The third-order valence-electron chi connectivity index (χ3n) is 5.38. The average molecular weight is 314 g/mol. The minimum Gasteiger partial charge on any atom is -0.339 e. The van der Waals surface area contributed by atoms with Gasteiger partial charge in [0, 0.05) is 25.2 Å². The molecule has 2 aliphatic rings. The van der Waals surface area contributed by atoms with Gasteiger partial charge < -0.3 is 4.90 Å². The van der Waals surface area contributed by atoms with Gasteiger partial charge in [-0.1, -0.05) is 31.9 Å². The fourth-order valence-corrected chi connectivity index (χ4v) is 3.69. The normalized spacial score (nSPS) is 21.2. The highest BCUT2D eigenvalue weighted by Crippen LogP contribution is 2.19. The second-order valence-electron chi connectivity index (χ2n) is 7.36. The molecule has 2 aliphatic heterocycles. The molecule has 0 saturated carbocycles. The zero-order valence-electron chi connectivity index (χ0n) is 14.5. The molecule has 0 aliphatic carbocycles. The van der Waals surface area contributed by atoms with Crippen molar-refractivity contribution in [3.63, 3.8) is 0 Å². The van der Waals surface area contributed by atoms with Crippen LogP contribution in [0.25, 0.3) is 0 Å². The molecular weight excluding hydrogens is 284 g/mol. The van der Waals surface area contributed by atoms with Crippen LogP contribution in [0.3, 0.4) is 0 Å². The molecule has 0 N–H and O–H groups in total. The zero-order valence-corrected chi connectivity index (χ0v) is 14.5. The number of hydrogen-bond acceptors (Lipinski definition) is 2. The smallest absolute Gasteiger partial charge is 0.253 e. The third-order valence-corrected chi connectivity index (χ3v) is 5.38. The fraction of sp³-hybridized carbons (Fsp3) is 0.650. The van der Waals surface area contributed by atoms with Crippen LogP contribution in [-0.4, -0.2) is 41.9 Å². The molecule has 0 bridgehead atoms. The Bertz CT molecular complexity index is 495. The van der Waals surface area contributed by atoms with E-state index < -0.39 is 0 Å². The van der Waals surface area contributed by atoms with Gasteiger partial charge in [0.2, 0.25) is 0 Å². The van der Waals surface area contributed by atoms with E-state index in [0.29, 0.717) is 0 Å². The maximum absolute atomic E-state index is 12.6. The summed E-state index contributed by atoms with van der Waals surface area (Å²) in [6.07, 6.45) is 7.44. The average Bonchev–Trinajstić information content (AvgIpc) is 2.86. The molecule has 0 radical (unpaired) electrons. The van der Waals surface area contributed by atoms with Gasteiger partial charge in [-0.05, 0) is 62.4 Å². The lowest BCUT2D eigenvalue weighted by Gasteiger charge is -2.30. The summed E-state index contributed by atoms with van der Waals surface area (Å²) in [6.45, 7) is 7.62. The Morgan fingerprint density at radius 3 is 2.17 bits per heavy atom. The molecule has 1 aromatic rings. The molecule has 0 spiro atoms. The van der Waals surface area contributed by atoms with Crippen molar-refractivity contribution in [1.29, 1.82) is 0 Å². The van der Waals surface area contributed by atoms with Gasteiger partial charge in [0.25, 0.3) is 5.91 Å². The Hall–Kier alpha value is -1.35. The summed E-state index contributed by atoms with van der Waals surface area (Å²) < 4.78 is 0. The molecule has 0 unspecified atom stereocenters. The molecule has 126 valence electrons. The predicted molar refractivity (Wildman–Crippen MR) is 94.5 cm³/mol. The maximum atomic E-state index is 12.6. The number of carbonyl (C=O) groups excluding carboxylic acids is 1. The van der Waals surface area contributed by atoms with Crippen LogP contribution in [0.15, 0.2) is 24.3 Å². The second-order valence-corrected chi connectivity index (χ2v) is 7.36. The Kier molecular flexibility index (Phi) is 5.71. The topological polar surface area (TPSA) is 23.6 Å². The van der Waals surface area contributed by atoms with Gasteiger partial charge in [0.05, 0.1) is 0 Å². The van der Waals surface area contributed by atoms with Crippen LogP contribution in [-0.2, 0) is 6.54 Å². The van der Waals surface area contributed by atoms with Gasteiger partial charge in [0.15, 0.2) is 0 Å². The number of carbonyl (C=O) groups is 1. The summed E-state index contributed by atoms with van der Waals surface area (Å²) >= 11 is 0. The summed E-state index contributed by atoms with van der Waals surface area (Å²) in [5, 5.41) is 0. The fourth-order valence-electron chi connectivity index (χ4n) is 3.69. The third kappa shape index (κ3) is 4.57. The summed E-state index contributed by atoms with van der Waals surface area (Å²) in [6, 6.07) is 8.33. The summed E-state index contributed by atoms with van der Waals surface area (Å²) in [4.78, 5) is 17.2. The number of benzene rings is 1. The van der Waals surface area contributed by atoms with Crippen LogP contribution in [0.5, 0.6) is 0 Å². The summed E-state index contributed by atoms with van der Waals surface area (Å²) in [5.41, 5.74) is 2.18. The van der Waals surface area contributed by atoms with E-state index in [9.17, 15) is 4.79 Å². The maximum Gasteiger partial charge on any atom is 0.253 e. The molecule has 3 heteroatoms. The van der Waals surface area contributed by atoms with Gasteiger partial charge in [-0.25, -0.2) is 0 Å². The second kappa shape index (κ2) is 7.96. The lowest BCUT2D eigenvalue weighted by molar-refractivity contribution is 0.0761. The van der Waals surface area contributed by atoms with Crippen LogP contribution in [0, 0.1) is 5.92 Å². The number of likely N-dealkylation sites (tertiary alicyclic amines) is 2. The van der Waals surface area contributed by atoms with Gasteiger partial charge >= 0.3 is 0 Å². The van der Waals surface area contributed by atoms with Gasteiger partial charge in [-0.2, -0.15) is 0 Å². The Morgan fingerprint density at radius 1 is 0.957 bits per heavy atom. The molecule has 3 nitrogen and oxygen atoms in total. The van der Waals surface area contributed by atoms with Crippen molar-refractivity contribution in [3.8, 4) is 0 Å². The minimum atomic E-state index is 0.213. The van der Waals surface area contributed by atoms with Crippen molar-refractivity contribution in [1.82, 2.24) is 9.80 Å². The zero-order chi connectivity index (χ0) is 16.1. The molecule has 2 saturated heterocycles. The molecule has 0 atom stereocenters. The highest BCUT2D eigenvalue weighted by molar-refractivity contribution is 5.94. The summed E-state index contributed by atoms with van der Waals surface area (Å²) in [7, 11) is 0. The van der Waals surface area contributed by atoms with E-state index in [0.717, 1.165) is 44.0 Å². The molecule has 2 heterocycles. The van der Waals surface area contributed by atoms with E-state index in [-0.39, 0.29) is 5.91 Å². The highest BCUT2D eigenvalue weighted by Gasteiger charge is 2.18. The van der Waals surface area contributed by atoms with E-state index >= 15 is 0 Å². The van der Waals surface area contributed by atoms with E-state index in [1.165, 1.54) is 44.3 Å². The van der Waals surface area contributed by atoms with Gasteiger partial charge in [-0.15, -0.1) is 0 Å². The lowest BCUT2D eigenvalue weighted by atomic mass is 9.99. The van der Waals surface area contributed by atoms with Crippen LogP contribution in [0.2, 0.25) is 0 Å². The van der Waals surface area contributed by atoms with Crippen molar-refractivity contribution in [2.24, 2.45) is 5.92 Å². The van der Waals surface area contributed by atoms with Crippen LogP contribution in [0.4, 0.5) is 0 Å². The van der Waals surface area contributed by atoms with Crippen LogP contribution in [0.1, 0.15) is 61.4 Å². The lowest BCUT2D eigenvalue weighted by Crippen LogP contribution is -2.32. The minimum absolute atomic E-state index is 0.213. The molecule has 2 fully saturated rings. The van der Waals surface area contributed by atoms with Crippen molar-refractivity contribution in [2.45, 2.75) is 52.0 Å². The number of amides is 1. The molecule has 23 heavy (non-hydrogen) atoms. The standard InChI is InChI=1S/C20H30N2O/c1-17-10-14-21(15-11-17)16-18-6-8-19(9-7-18)20(23)22-12-4-2-3-5-13-22/h6-9,17H,2-5,10-16H2,1H3. The summed E-state index contributed by atoms with van der Waals surface area (Å²) in [5.74, 6) is 1.09. The predicted octanol–water partition coefficient (Wildman–Crippen LogP) is 3.93. The highest BCUT2D eigenvalue weighted by atomic mass is 16.2. The Morgan fingerprint density at radius 2 is 1.57 bits per heavy atom. The molecule has 3 rings (SSSR count). The first-order valence-electron chi connectivity index (χ1n) is 9.33. The number of rotatable bonds is 3. The van der Waals surface area contributed by atoms with Gasteiger partial charge in [-0.3, -0.25) is 9.69 Å². The first kappa shape index (κ1) is 16.5. The van der Waals surface area contributed by atoms with Gasteiger partial charge in [0.1, 0.15) is 0 Å². The van der Waals surface area contributed by atoms with E-state index in [1.54, 1.807) is 0 Å². The number of nitrogens with zero attached hydrogens (tertiary/aromatic N) is 2. The first-order chi connectivity index (χ1) is 11.2. The van der Waals surface area contributed by atoms with E-state index in [2.05, 4.69) is 24.0 Å². The molecular formula is C20H30N2O. The molecule has 1 aromatic carbocycles. The largest absolute Gasteiger partial charge is 0.339 e. The monoisotopic (exact) mass is 314 g/mol. The number of piperidine rings is 1. The molecule has 0 aromatic heterocycles. The Balaban J connectivity index is 1.56. The van der Waals surface area contributed by atoms with Crippen LogP contribution >= 0.6 is 0 Å². The SMILES string of the molecule is CC1CCN(Cc2ccc(C(=O)N3CCCCCC3)cc2)CC1. The Labute approximate surface area is 140 Å². The van der Waals surface area contributed by atoms with E-state index in [1.807, 2.05) is 17.0 Å². The van der Waals surface area contributed by atoms with Crippen molar-refractivity contribution in [3.05, 3.63) is 35.4 Å². The number of hydrogen-bond donors (Lipinski definition) is 0. The van der Waals surface area contributed by atoms with Crippen LogP contribution < -0.4 is 0 Å². The quantitative estimate of drug-likeness (QED) is 0.844. The van der Waals surface area contributed by atoms with Crippen molar-refractivity contribution in [2.75, 3.05) is 26.2 Å². The molecule has 1 amide bonds. The first-order valence-corrected chi connectivity index (χ1v) is 9.33. The van der Waals surface area contributed by atoms with Crippen molar-refractivity contribution >= 4 is 5.91 Å². The van der Waals surface area contributed by atoms with Crippen molar-refractivity contribution < 1.29 is 4.79 Å².